The number of carbonyl (C=O) groups excluding carboxylic acids is 3. The summed E-state index contributed by atoms with van der Waals surface area (Å²) < 4.78 is 16.7. The molecule has 1 unspecified atom stereocenters. The van der Waals surface area contributed by atoms with Crippen LogP contribution in [0.1, 0.15) is 181 Å². The maximum absolute atomic E-state index is 12.8. The molecule has 6 heteroatoms. The highest BCUT2D eigenvalue weighted by Crippen LogP contribution is 2.12. The highest BCUT2D eigenvalue weighted by Gasteiger charge is 2.19. The van der Waals surface area contributed by atoms with Gasteiger partial charge in [0.2, 0.25) is 0 Å². The lowest BCUT2D eigenvalue weighted by Crippen LogP contribution is -2.30. The van der Waals surface area contributed by atoms with E-state index in [2.05, 4.69) is 130 Å². The second-order valence-corrected chi connectivity index (χ2v) is 17.2. The maximum atomic E-state index is 12.8. The van der Waals surface area contributed by atoms with Gasteiger partial charge in [0.25, 0.3) is 0 Å². The molecule has 1 atom stereocenters. The minimum atomic E-state index is -0.856. The average Bonchev–Trinajstić information content (AvgIpc) is 3.38. The lowest BCUT2D eigenvalue weighted by molar-refractivity contribution is -0.166. The van der Waals surface area contributed by atoms with Crippen LogP contribution in [0.15, 0.2) is 194 Å². The number of hydrogen-bond acceptors (Lipinski definition) is 6. The second kappa shape index (κ2) is 57.8. The van der Waals surface area contributed by atoms with Crippen molar-refractivity contribution < 1.29 is 28.6 Å². The van der Waals surface area contributed by atoms with Crippen LogP contribution in [0.25, 0.3) is 0 Å². The van der Waals surface area contributed by atoms with Crippen molar-refractivity contribution in [1.29, 1.82) is 0 Å². The van der Waals surface area contributed by atoms with Gasteiger partial charge < -0.3 is 14.2 Å². The van der Waals surface area contributed by atoms with Crippen molar-refractivity contribution in [3.05, 3.63) is 194 Å². The third-order valence-electron chi connectivity index (χ3n) is 10.5. The molecule has 0 fully saturated rings. The largest absolute Gasteiger partial charge is 0.462 e. The van der Waals surface area contributed by atoms with Crippen LogP contribution in [0.5, 0.6) is 0 Å². The van der Waals surface area contributed by atoms with Crippen LogP contribution in [-0.4, -0.2) is 37.2 Å². The molecule has 0 heterocycles. The molecule has 0 amide bonds. The molecule has 396 valence electrons. The van der Waals surface area contributed by atoms with Crippen molar-refractivity contribution in [1.82, 2.24) is 0 Å². The molecular weight excluding hydrogens is 889 g/mol. The molecule has 0 spiro atoms. The number of esters is 3. The van der Waals surface area contributed by atoms with E-state index in [-0.39, 0.29) is 38.0 Å². The molecule has 0 aliphatic carbocycles. The zero-order valence-electron chi connectivity index (χ0n) is 45.1. The van der Waals surface area contributed by atoms with E-state index >= 15 is 0 Å². The summed E-state index contributed by atoms with van der Waals surface area (Å²) in [4.78, 5) is 38.1. The van der Waals surface area contributed by atoms with Gasteiger partial charge >= 0.3 is 17.9 Å². The Kier molecular flexibility index (Phi) is 53.2. The summed E-state index contributed by atoms with van der Waals surface area (Å²) in [6.45, 7) is 6.12. The number of rotatable bonds is 46. The van der Waals surface area contributed by atoms with Gasteiger partial charge in [-0.25, -0.2) is 0 Å². The Bertz CT molecular complexity index is 1800. The van der Waals surface area contributed by atoms with Gasteiger partial charge in [-0.15, -0.1) is 0 Å². The van der Waals surface area contributed by atoms with Gasteiger partial charge in [-0.1, -0.05) is 247 Å². The molecule has 0 saturated heterocycles. The maximum Gasteiger partial charge on any atom is 0.306 e. The first-order valence-corrected chi connectivity index (χ1v) is 27.5. The molecule has 0 radical (unpaired) electrons. The standard InChI is InChI=1S/C66H96O6/c1-4-7-10-13-16-19-22-25-28-31-33-35-38-41-44-47-50-53-56-59-65(68)71-62-63(61-70-64(67)58-55-52-49-46-43-40-37-30-27-24-21-18-15-12-9-6-3)72-66(69)60-57-54-51-48-45-42-39-36-34-32-29-26-23-20-17-14-11-8-5-2/h7-13,16-22,25-31,33-36,38,41-42,44-45,51,54,63H,4-6,14-15,23-24,32,37,39-40,43,46-50,52-53,55-62H2,1-3H3/b10-7-,11-8-,12-9-,16-13-,20-17-,21-18-,22-19-,28-25-,29-26-,30-27-,33-31+,36-34-,38-35-,44-41-,45-42-,54-51-. The summed E-state index contributed by atoms with van der Waals surface area (Å²) in [5, 5.41) is 0. The van der Waals surface area contributed by atoms with E-state index in [0.717, 1.165) is 116 Å². The third kappa shape index (κ3) is 55.2. The Morgan fingerprint density at radius 1 is 0.292 bits per heavy atom. The van der Waals surface area contributed by atoms with Gasteiger partial charge in [0, 0.05) is 19.3 Å². The molecule has 0 aromatic heterocycles. The van der Waals surface area contributed by atoms with Crippen LogP contribution in [0.2, 0.25) is 0 Å². The van der Waals surface area contributed by atoms with E-state index in [1.807, 2.05) is 85.1 Å². The molecule has 0 aliphatic rings. The molecular formula is C66H96O6. The molecule has 0 rings (SSSR count). The normalized spacial score (nSPS) is 13.7. The fourth-order valence-corrected chi connectivity index (χ4v) is 6.52. The topological polar surface area (TPSA) is 78.9 Å². The van der Waals surface area contributed by atoms with E-state index < -0.39 is 12.1 Å². The van der Waals surface area contributed by atoms with E-state index in [1.54, 1.807) is 0 Å². The Labute approximate surface area is 439 Å². The first-order chi connectivity index (χ1) is 35.5. The van der Waals surface area contributed by atoms with Crippen molar-refractivity contribution in [3.63, 3.8) is 0 Å². The minimum Gasteiger partial charge on any atom is -0.462 e. The Morgan fingerprint density at radius 2 is 0.597 bits per heavy atom. The average molecular weight is 985 g/mol. The Morgan fingerprint density at radius 3 is 1.01 bits per heavy atom. The molecule has 0 aliphatic heterocycles. The number of unbranched alkanes of at least 4 members (excludes halogenated alkanes) is 9. The van der Waals surface area contributed by atoms with Crippen LogP contribution in [0.4, 0.5) is 0 Å². The second-order valence-electron chi connectivity index (χ2n) is 17.2. The third-order valence-corrected chi connectivity index (χ3v) is 10.5. The van der Waals surface area contributed by atoms with Crippen molar-refractivity contribution in [2.45, 2.75) is 187 Å². The van der Waals surface area contributed by atoms with Gasteiger partial charge in [-0.3, -0.25) is 14.4 Å². The summed E-state index contributed by atoms with van der Waals surface area (Å²) in [5.41, 5.74) is 0. The monoisotopic (exact) mass is 985 g/mol. The zero-order chi connectivity index (χ0) is 52.2. The predicted octanol–water partition coefficient (Wildman–Crippen LogP) is 18.7. The van der Waals surface area contributed by atoms with Crippen LogP contribution in [-0.2, 0) is 28.6 Å². The van der Waals surface area contributed by atoms with Gasteiger partial charge in [0.15, 0.2) is 6.10 Å². The Balaban J connectivity index is 4.69. The van der Waals surface area contributed by atoms with E-state index in [9.17, 15) is 14.4 Å². The van der Waals surface area contributed by atoms with Crippen molar-refractivity contribution in [3.8, 4) is 0 Å². The zero-order valence-corrected chi connectivity index (χ0v) is 45.1. The molecule has 0 aromatic carbocycles. The van der Waals surface area contributed by atoms with Gasteiger partial charge in [0.05, 0.1) is 0 Å². The fourth-order valence-electron chi connectivity index (χ4n) is 6.52. The lowest BCUT2D eigenvalue weighted by Gasteiger charge is -2.18. The van der Waals surface area contributed by atoms with Crippen LogP contribution in [0, 0.1) is 0 Å². The van der Waals surface area contributed by atoms with Crippen molar-refractivity contribution >= 4 is 17.9 Å². The summed E-state index contributed by atoms with van der Waals surface area (Å²) >= 11 is 0. The van der Waals surface area contributed by atoms with Gasteiger partial charge in [-0.2, -0.15) is 0 Å². The van der Waals surface area contributed by atoms with Crippen molar-refractivity contribution in [2.75, 3.05) is 13.2 Å². The summed E-state index contributed by atoms with van der Waals surface area (Å²) in [5.74, 6) is -1.10. The smallest absolute Gasteiger partial charge is 0.306 e. The fraction of sp³-hybridized carbons (Fsp3) is 0.470. The first kappa shape index (κ1) is 66.2. The number of hydrogen-bond donors (Lipinski definition) is 0. The highest BCUT2D eigenvalue weighted by molar-refractivity contribution is 5.71. The van der Waals surface area contributed by atoms with Gasteiger partial charge in [-0.05, 0) is 109 Å². The van der Waals surface area contributed by atoms with E-state index in [0.29, 0.717) is 19.3 Å². The lowest BCUT2D eigenvalue weighted by atomic mass is 10.1. The summed E-state index contributed by atoms with van der Waals surface area (Å²) in [6, 6.07) is 0. The molecule has 0 aromatic rings. The van der Waals surface area contributed by atoms with Crippen molar-refractivity contribution in [2.24, 2.45) is 0 Å². The quantitative estimate of drug-likeness (QED) is 0.0199. The molecule has 6 nitrogen and oxygen atoms in total. The number of carbonyl (C=O) groups is 3. The van der Waals surface area contributed by atoms with E-state index in [4.69, 9.17) is 14.2 Å². The molecule has 0 saturated carbocycles. The number of allylic oxidation sites excluding steroid dienone is 32. The highest BCUT2D eigenvalue weighted by atomic mass is 16.6. The molecule has 72 heavy (non-hydrogen) atoms. The van der Waals surface area contributed by atoms with Crippen LogP contribution >= 0.6 is 0 Å². The summed E-state index contributed by atoms with van der Waals surface area (Å²) in [7, 11) is 0. The van der Waals surface area contributed by atoms with Crippen LogP contribution in [0.3, 0.4) is 0 Å². The molecule has 0 bridgehead atoms. The van der Waals surface area contributed by atoms with Crippen LogP contribution < -0.4 is 0 Å². The number of ether oxygens (including phenoxy) is 3. The Hall–Kier alpha value is -5.75. The minimum absolute atomic E-state index is 0.142. The SMILES string of the molecule is CC\C=C/C=C\C=C/C=C\C=C\C=C/C=C\CCCCCC(=O)OCC(COC(=O)CCCCCCCC/C=C\C/C=C\C/C=C\CC)OC(=O)CC/C=C\C/C=C\C/C=C\C/C=C\C/C=C\C/C=C\CC. The first-order valence-electron chi connectivity index (χ1n) is 27.5. The van der Waals surface area contributed by atoms with E-state index in [1.165, 1.54) is 12.8 Å². The van der Waals surface area contributed by atoms with Gasteiger partial charge in [0.1, 0.15) is 13.2 Å². The predicted molar refractivity (Wildman–Crippen MR) is 310 cm³/mol. The molecule has 0 N–H and O–H groups in total. The summed E-state index contributed by atoms with van der Waals surface area (Å²) in [6.07, 6.45) is 88.5.